The smallest absolute Gasteiger partial charge is 0.263 e. The maximum atomic E-state index is 12.5. The number of anilines is 2. The maximum absolute atomic E-state index is 12.5. The van der Waals surface area contributed by atoms with Gasteiger partial charge in [-0.1, -0.05) is 35.9 Å². The Balaban J connectivity index is 1.61. The van der Waals surface area contributed by atoms with E-state index in [1.807, 2.05) is 25.1 Å². The Hall–Kier alpha value is -2.93. The Labute approximate surface area is 165 Å². The quantitative estimate of drug-likeness (QED) is 0.715. The van der Waals surface area contributed by atoms with Gasteiger partial charge in [0.2, 0.25) is 0 Å². The van der Waals surface area contributed by atoms with Crippen LogP contribution >= 0.6 is 0 Å². The highest BCUT2D eigenvalue weighted by molar-refractivity contribution is 7.92. The van der Waals surface area contributed by atoms with Crippen LogP contribution in [0.3, 0.4) is 0 Å². The van der Waals surface area contributed by atoms with Gasteiger partial charge in [-0.2, -0.15) is 0 Å². The van der Waals surface area contributed by atoms with E-state index in [2.05, 4.69) is 32.8 Å². The van der Waals surface area contributed by atoms with Crippen molar-refractivity contribution in [1.29, 1.82) is 0 Å². The van der Waals surface area contributed by atoms with Crippen molar-refractivity contribution in [3.8, 4) is 11.3 Å². The van der Waals surface area contributed by atoms with Gasteiger partial charge in [0.25, 0.3) is 10.0 Å². The summed E-state index contributed by atoms with van der Waals surface area (Å²) < 4.78 is 27.5. The second-order valence-electron chi connectivity index (χ2n) is 6.87. The van der Waals surface area contributed by atoms with E-state index in [1.54, 1.807) is 30.3 Å². The molecule has 2 aromatic carbocycles. The largest absolute Gasteiger partial charge is 0.371 e. The molecule has 0 aliphatic carbocycles. The normalized spacial score (nSPS) is 13.4. The highest BCUT2D eigenvalue weighted by Gasteiger charge is 2.22. The highest BCUT2D eigenvalue weighted by atomic mass is 32.2. The fourth-order valence-corrected chi connectivity index (χ4v) is 4.50. The minimum Gasteiger partial charge on any atom is -0.371 e. The van der Waals surface area contributed by atoms with E-state index in [0.29, 0.717) is 0 Å². The van der Waals surface area contributed by atoms with Crippen molar-refractivity contribution in [2.24, 2.45) is 0 Å². The van der Waals surface area contributed by atoms with Crippen molar-refractivity contribution < 1.29 is 8.42 Å². The molecule has 1 aromatic heterocycles. The van der Waals surface area contributed by atoms with Crippen LogP contribution in [0, 0.1) is 6.92 Å². The Bertz CT molecular complexity index is 1090. The summed E-state index contributed by atoms with van der Waals surface area (Å²) in [7, 11) is -3.69. The summed E-state index contributed by atoms with van der Waals surface area (Å²) in [6.07, 6.45) is 1.03. The summed E-state index contributed by atoms with van der Waals surface area (Å²) in [5.74, 6) is 0.198. The number of rotatable bonds is 5. The van der Waals surface area contributed by atoms with E-state index in [-0.39, 0.29) is 10.7 Å². The number of nitrogens with one attached hydrogen (secondary N) is 1. The summed E-state index contributed by atoms with van der Waals surface area (Å²) >= 11 is 0. The molecule has 7 heteroatoms. The van der Waals surface area contributed by atoms with Crippen molar-refractivity contribution in [3.05, 3.63) is 65.7 Å². The van der Waals surface area contributed by atoms with Crippen molar-refractivity contribution >= 4 is 21.5 Å². The molecule has 0 unspecified atom stereocenters. The standard InChI is InChI=1S/C21H22N4O2S/c1-3-25-14-13-16-5-4-6-18(21(16)25)19-11-12-20(23-22-19)24-28(26,27)17-9-7-15(2)8-10-17/h4-12H,3,13-14H2,1-2H3,(H,23,24). The molecule has 4 rings (SSSR count). The fourth-order valence-electron chi connectivity index (χ4n) is 3.50. The number of hydrogen-bond acceptors (Lipinski definition) is 5. The number of para-hydroxylation sites is 1. The number of aryl methyl sites for hydroxylation is 1. The van der Waals surface area contributed by atoms with E-state index >= 15 is 0 Å². The van der Waals surface area contributed by atoms with Gasteiger partial charge in [0.05, 0.1) is 10.6 Å². The summed E-state index contributed by atoms with van der Waals surface area (Å²) in [5.41, 5.74) is 5.27. The van der Waals surface area contributed by atoms with Crippen LogP contribution in [-0.2, 0) is 16.4 Å². The monoisotopic (exact) mass is 394 g/mol. The number of likely N-dealkylation sites (N-methyl/N-ethyl adjacent to an activating group) is 1. The van der Waals surface area contributed by atoms with Crippen LogP contribution in [0.25, 0.3) is 11.3 Å². The van der Waals surface area contributed by atoms with Crippen LogP contribution in [0.5, 0.6) is 0 Å². The first-order valence-electron chi connectivity index (χ1n) is 9.28. The van der Waals surface area contributed by atoms with E-state index in [0.717, 1.165) is 36.3 Å². The average Bonchev–Trinajstić information content (AvgIpc) is 3.12. The molecule has 0 atom stereocenters. The van der Waals surface area contributed by atoms with Crippen LogP contribution in [-0.4, -0.2) is 31.7 Å². The van der Waals surface area contributed by atoms with Crippen LogP contribution < -0.4 is 9.62 Å². The number of aromatic nitrogens is 2. The third-order valence-electron chi connectivity index (χ3n) is 4.98. The molecule has 28 heavy (non-hydrogen) atoms. The molecule has 2 heterocycles. The summed E-state index contributed by atoms with van der Waals surface area (Å²) in [5, 5.41) is 8.38. The lowest BCUT2D eigenvalue weighted by molar-refractivity contribution is 0.601. The Morgan fingerprint density at radius 1 is 1.04 bits per heavy atom. The molecule has 3 aromatic rings. The Morgan fingerprint density at radius 3 is 2.50 bits per heavy atom. The molecule has 0 fully saturated rings. The second-order valence-corrected chi connectivity index (χ2v) is 8.55. The molecule has 0 spiro atoms. The minimum atomic E-state index is -3.69. The van der Waals surface area contributed by atoms with Gasteiger partial charge in [-0.05, 0) is 50.1 Å². The van der Waals surface area contributed by atoms with Crippen molar-refractivity contribution in [3.63, 3.8) is 0 Å². The third kappa shape index (κ3) is 3.45. The third-order valence-corrected chi connectivity index (χ3v) is 6.35. The molecule has 144 valence electrons. The molecule has 1 N–H and O–H groups in total. The van der Waals surface area contributed by atoms with E-state index in [1.165, 1.54) is 11.3 Å². The first-order chi connectivity index (χ1) is 13.5. The van der Waals surface area contributed by atoms with Crippen molar-refractivity contribution in [2.45, 2.75) is 25.2 Å². The van der Waals surface area contributed by atoms with Crippen LogP contribution in [0.15, 0.2) is 59.5 Å². The van der Waals surface area contributed by atoms with Crippen LogP contribution in [0.4, 0.5) is 11.5 Å². The molecular formula is C21H22N4O2S. The van der Waals surface area contributed by atoms with E-state index in [9.17, 15) is 8.42 Å². The van der Waals surface area contributed by atoms with Crippen molar-refractivity contribution in [1.82, 2.24) is 10.2 Å². The van der Waals surface area contributed by atoms with Gasteiger partial charge in [0.15, 0.2) is 5.82 Å². The number of nitrogens with zero attached hydrogens (tertiary/aromatic N) is 3. The summed E-state index contributed by atoms with van der Waals surface area (Å²) in [4.78, 5) is 2.53. The Morgan fingerprint density at radius 2 is 1.82 bits per heavy atom. The second kappa shape index (κ2) is 7.24. The number of hydrogen-bond donors (Lipinski definition) is 1. The van der Waals surface area contributed by atoms with Gasteiger partial charge < -0.3 is 4.90 Å². The first kappa shape index (κ1) is 18.4. The topological polar surface area (TPSA) is 75.2 Å². The SMILES string of the molecule is CCN1CCc2cccc(-c3ccc(NS(=O)(=O)c4ccc(C)cc4)nn3)c21. The molecule has 0 radical (unpaired) electrons. The average molecular weight is 395 g/mol. The number of fused-ring (bicyclic) bond motifs is 1. The zero-order valence-electron chi connectivity index (χ0n) is 15.9. The number of benzene rings is 2. The molecule has 6 nitrogen and oxygen atoms in total. The molecule has 1 aliphatic rings. The van der Waals surface area contributed by atoms with E-state index < -0.39 is 10.0 Å². The van der Waals surface area contributed by atoms with Gasteiger partial charge in [0.1, 0.15) is 0 Å². The lowest BCUT2D eigenvalue weighted by Gasteiger charge is -2.20. The molecule has 1 aliphatic heterocycles. The molecular weight excluding hydrogens is 372 g/mol. The fraction of sp³-hybridized carbons (Fsp3) is 0.238. The van der Waals surface area contributed by atoms with Crippen LogP contribution in [0.2, 0.25) is 0 Å². The zero-order chi connectivity index (χ0) is 19.7. The predicted octanol–water partition coefficient (Wildman–Crippen LogP) is 3.64. The van der Waals surface area contributed by atoms with Crippen LogP contribution in [0.1, 0.15) is 18.1 Å². The lowest BCUT2D eigenvalue weighted by atomic mass is 10.0. The number of sulfonamides is 1. The van der Waals surface area contributed by atoms with Crippen molar-refractivity contribution in [2.75, 3.05) is 22.7 Å². The summed E-state index contributed by atoms with van der Waals surface area (Å²) in [6, 6.07) is 16.3. The minimum absolute atomic E-state index is 0.198. The predicted molar refractivity (Wildman–Crippen MR) is 111 cm³/mol. The van der Waals surface area contributed by atoms with Gasteiger partial charge >= 0.3 is 0 Å². The van der Waals surface area contributed by atoms with Gasteiger partial charge in [-0.25, -0.2) is 8.42 Å². The Kier molecular flexibility index (Phi) is 4.77. The highest BCUT2D eigenvalue weighted by Crippen LogP contribution is 2.37. The molecule has 0 saturated heterocycles. The van der Waals surface area contributed by atoms with Gasteiger partial charge in [-0.3, -0.25) is 4.72 Å². The first-order valence-corrected chi connectivity index (χ1v) is 10.8. The maximum Gasteiger partial charge on any atom is 0.263 e. The summed E-state index contributed by atoms with van der Waals surface area (Å²) in [6.45, 7) is 5.99. The van der Waals surface area contributed by atoms with Gasteiger partial charge in [0, 0.05) is 24.3 Å². The van der Waals surface area contributed by atoms with Gasteiger partial charge in [-0.15, -0.1) is 10.2 Å². The zero-order valence-corrected chi connectivity index (χ0v) is 16.7. The van der Waals surface area contributed by atoms with E-state index in [4.69, 9.17) is 0 Å². The lowest BCUT2D eigenvalue weighted by Crippen LogP contribution is -2.20. The molecule has 0 amide bonds. The molecule has 0 saturated carbocycles. The molecule has 0 bridgehead atoms.